The molecule has 15 heavy (non-hydrogen) atoms. The normalized spacial score (nSPS) is 10.0. The van der Waals surface area contributed by atoms with Crippen LogP contribution in [-0.2, 0) is 11.2 Å². The fourth-order valence-corrected chi connectivity index (χ4v) is 1.06. The van der Waals surface area contributed by atoms with E-state index in [4.69, 9.17) is 5.73 Å². The first-order valence-corrected chi connectivity index (χ1v) is 3.83. The summed E-state index contributed by atoms with van der Waals surface area (Å²) >= 11 is 0. The van der Waals surface area contributed by atoms with E-state index in [0.717, 1.165) is 6.07 Å². The maximum Gasteiger partial charge on any atom is 0.305 e. The van der Waals surface area contributed by atoms with Gasteiger partial charge in [0.05, 0.1) is 11.3 Å². The molecule has 1 rings (SSSR count). The highest BCUT2D eigenvalue weighted by Crippen LogP contribution is 2.23. The summed E-state index contributed by atoms with van der Waals surface area (Å²) in [5.74, 6) is -3.36. The standard InChI is InChI=1S/C8H6F2N2O3/c9-5-1-2-6(12(14)15)8(10)4(5)3-7(11)13/h1-2H,3H2,(H2,11,13). The molecular weight excluding hydrogens is 210 g/mol. The quantitative estimate of drug-likeness (QED) is 0.601. The topological polar surface area (TPSA) is 86.2 Å². The lowest BCUT2D eigenvalue weighted by molar-refractivity contribution is -0.387. The van der Waals surface area contributed by atoms with Crippen LogP contribution in [0, 0.1) is 21.7 Å². The van der Waals surface area contributed by atoms with Crippen molar-refractivity contribution >= 4 is 11.6 Å². The van der Waals surface area contributed by atoms with Gasteiger partial charge in [0, 0.05) is 11.6 Å². The Labute approximate surface area is 82.6 Å². The number of amides is 1. The number of rotatable bonds is 3. The van der Waals surface area contributed by atoms with E-state index in [1.165, 1.54) is 0 Å². The van der Waals surface area contributed by atoms with Crippen LogP contribution in [0.15, 0.2) is 12.1 Å². The lowest BCUT2D eigenvalue weighted by atomic mass is 10.1. The van der Waals surface area contributed by atoms with Gasteiger partial charge in [-0.1, -0.05) is 0 Å². The summed E-state index contributed by atoms with van der Waals surface area (Å²) in [4.78, 5) is 19.8. The van der Waals surface area contributed by atoms with Gasteiger partial charge in [0.1, 0.15) is 5.82 Å². The summed E-state index contributed by atoms with van der Waals surface area (Å²) in [6.45, 7) is 0. The zero-order chi connectivity index (χ0) is 11.6. The highest BCUT2D eigenvalue weighted by atomic mass is 19.1. The van der Waals surface area contributed by atoms with E-state index in [1.54, 1.807) is 0 Å². The SMILES string of the molecule is NC(=O)Cc1c(F)ccc([N+](=O)[O-])c1F. The lowest BCUT2D eigenvalue weighted by Gasteiger charge is -2.02. The fourth-order valence-electron chi connectivity index (χ4n) is 1.06. The summed E-state index contributed by atoms with van der Waals surface area (Å²) in [5, 5.41) is 10.3. The van der Waals surface area contributed by atoms with Crippen LogP contribution in [0.3, 0.4) is 0 Å². The van der Waals surface area contributed by atoms with Gasteiger partial charge in [-0.05, 0) is 6.07 Å². The molecule has 7 heteroatoms. The van der Waals surface area contributed by atoms with Gasteiger partial charge < -0.3 is 5.73 Å². The minimum Gasteiger partial charge on any atom is -0.369 e. The lowest BCUT2D eigenvalue weighted by Crippen LogP contribution is -2.16. The van der Waals surface area contributed by atoms with Crippen molar-refractivity contribution in [3.8, 4) is 0 Å². The van der Waals surface area contributed by atoms with Crippen molar-refractivity contribution in [3.05, 3.63) is 39.4 Å². The number of halogens is 2. The molecule has 2 N–H and O–H groups in total. The van der Waals surface area contributed by atoms with Gasteiger partial charge in [-0.15, -0.1) is 0 Å². The van der Waals surface area contributed by atoms with Crippen LogP contribution in [-0.4, -0.2) is 10.8 Å². The Balaban J connectivity index is 3.29. The van der Waals surface area contributed by atoms with E-state index >= 15 is 0 Å². The van der Waals surface area contributed by atoms with E-state index in [2.05, 4.69) is 0 Å². The van der Waals surface area contributed by atoms with Gasteiger partial charge in [0.25, 0.3) is 0 Å². The minimum absolute atomic E-state index is 0.684. The molecule has 0 fully saturated rings. The van der Waals surface area contributed by atoms with Crippen LogP contribution >= 0.6 is 0 Å². The molecule has 0 saturated carbocycles. The number of hydrogen-bond donors (Lipinski definition) is 1. The van der Waals surface area contributed by atoms with E-state index < -0.39 is 40.1 Å². The molecule has 0 aliphatic carbocycles. The second-order valence-electron chi connectivity index (χ2n) is 2.76. The number of primary amides is 1. The smallest absolute Gasteiger partial charge is 0.305 e. The van der Waals surface area contributed by atoms with Crippen LogP contribution in [0.5, 0.6) is 0 Å². The van der Waals surface area contributed by atoms with Crippen molar-refractivity contribution in [3.63, 3.8) is 0 Å². The summed E-state index contributed by atoms with van der Waals surface area (Å²) in [6.07, 6.45) is -0.709. The number of nitrogens with zero attached hydrogens (tertiary/aromatic N) is 1. The van der Waals surface area contributed by atoms with Gasteiger partial charge >= 0.3 is 5.69 Å². The van der Waals surface area contributed by atoms with E-state index in [9.17, 15) is 23.7 Å². The number of nitro benzene ring substituents is 1. The third kappa shape index (κ3) is 2.25. The first kappa shape index (κ1) is 11.0. The molecule has 0 radical (unpaired) electrons. The fraction of sp³-hybridized carbons (Fsp3) is 0.125. The van der Waals surface area contributed by atoms with Gasteiger partial charge in [-0.2, -0.15) is 4.39 Å². The van der Waals surface area contributed by atoms with Crippen LogP contribution in [0.2, 0.25) is 0 Å². The van der Waals surface area contributed by atoms with Gasteiger partial charge in [-0.25, -0.2) is 4.39 Å². The Kier molecular flexibility index (Phi) is 2.93. The third-order valence-electron chi connectivity index (χ3n) is 1.71. The molecule has 1 amide bonds. The molecule has 0 unspecified atom stereocenters. The number of benzene rings is 1. The predicted molar refractivity (Wildman–Crippen MR) is 45.9 cm³/mol. The molecule has 5 nitrogen and oxygen atoms in total. The average Bonchev–Trinajstić information content (AvgIpc) is 2.11. The van der Waals surface area contributed by atoms with E-state index in [-0.39, 0.29) is 0 Å². The Morgan fingerprint density at radius 1 is 1.47 bits per heavy atom. The zero-order valence-electron chi connectivity index (χ0n) is 7.37. The van der Waals surface area contributed by atoms with Crippen LogP contribution in [0.25, 0.3) is 0 Å². The highest BCUT2D eigenvalue weighted by Gasteiger charge is 2.22. The van der Waals surface area contributed by atoms with Gasteiger partial charge in [0.2, 0.25) is 11.7 Å². The van der Waals surface area contributed by atoms with Crippen molar-refractivity contribution in [1.82, 2.24) is 0 Å². The molecule has 0 aliphatic rings. The van der Waals surface area contributed by atoms with Crippen molar-refractivity contribution in [2.75, 3.05) is 0 Å². The monoisotopic (exact) mass is 216 g/mol. The van der Waals surface area contributed by atoms with Crippen molar-refractivity contribution < 1.29 is 18.5 Å². The Morgan fingerprint density at radius 3 is 2.53 bits per heavy atom. The van der Waals surface area contributed by atoms with Crippen LogP contribution in [0.4, 0.5) is 14.5 Å². The second-order valence-corrected chi connectivity index (χ2v) is 2.76. The number of carbonyl (C=O) groups is 1. The van der Waals surface area contributed by atoms with Gasteiger partial charge in [-0.3, -0.25) is 14.9 Å². The maximum absolute atomic E-state index is 13.3. The summed E-state index contributed by atoms with van der Waals surface area (Å²) in [6, 6.07) is 1.41. The molecule has 0 aliphatic heterocycles. The third-order valence-corrected chi connectivity index (χ3v) is 1.71. The minimum atomic E-state index is -1.36. The Bertz CT molecular complexity index is 434. The number of hydrogen-bond acceptors (Lipinski definition) is 3. The molecule has 1 aromatic carbocycles. The number of nitrogens with two attached hydrogens (primary N) is 1. The molecule has 80 valence electrons. The maximum atomic E-state index is 13.3. The van der Waals surface area contributed by atoms with Crippen molar-refractivity contribution in [2.24, 2.45) is 5.73 Å². The largest absolute Gasteiger partial charge is 0.369 e. The van der Waals surface area contributed by atoms with Gasteiger partial charge in [0.15, 0.2) is 0 Å². The summed E-state index contributed by atoms with van der Waals surface area (Å²) in [5.41, 5.74) is 3.18. The molecule has 0 saturated heterocycles. The zero-order valence-corrected chi connectivity index (χ0v) is 7.37. The Hall–Kier alpha value is -2.05. The van der Waals surface area contributed by atoms with E-state index in [1.807, 2.05) is 0 Å². The molecule has 0 aromatic heterocycles. The first-order valence-electron chi connectivity index (χ1n) is 3.83. The first-order chi connectivity index (χ1) is 6.93. The number of nitro groups is 1. The average molecular weight is 216 g/mol. The summed E-state index contributed by atoms with van der Waals surface area (Å²) in [7, 11) is 0. The van der Waals surface area contributed by atoms with Crippen LogP contribution < -0.4 is 5.73 Å². The molecule has 0 atom stereocenters. The van der Waals surface area contributed by atoms with Crippen molar-refractivity contribution in [2.45, 2.75) is 6.42 Å². The van der Waals surface area contributed by atoms with Crippen molar-refractivity contribution in [1.29, 1.82) is 0 Å². The predicted octanol–water partition coefficient (Wildman–Crippen LogP) is 0.901. The second kappa shape index (κ2) is 3.99. The summed E-state index contributed by atoms with van der Waals surface area (Å²) < 4.78 is 26.2. The molecular formula is C8H6F2N2O3. The highest BCUT2D eigenvalue weighted by molar-refractivity contribution is 5.77. The Morgan fingerprint density at radius 2 is 2.07 bits per heavy atom. The van der Waals surface area contributed by atoms with Crippen LogP contribution in [0.1, 0.15) is 5.56 Å². The number of carbonyl (C=O) groups excluding carboxylic acids is 1. The molecule has 0 heterocycles. The molecule has 0 bridgehead atoms. The van der Waals surface area contributed by atoms with E-state index in [0.29, 0.717) is 6.07 Å². The molecule has 0 spiro atoms. The molecule has 1 aromatic rings.